The molecule has 1 aliphatic rings. The number of rotatable bonds is 6. The van der Waals surface area contributed by atoms with Crippen LogP contribution in [0, 0.1) is 5.82 Å². The van der Waals surface area contributed by atoms with Crippen LogP contribution in [0.2, 0.25) is 0 Å². The number of sulfonamides is 1. The van der Waals surface area contributed by atoms with Gasteiger partial charge < -0.3 is 4.90 Å². The average molecular weight is 360 g/mol. The summed E-state index contributed by atoms with van der Waals surface area (Å²) in [5, 5.41) is 0. The van der Waals surface area contributed by atoms with Gasteiger partial charge in [0.1, 0.15) is 5.82 Å². The van der Waals surface area contributed by atoms with Gasteiger partial charge in [0.05, 0.1) is 12.0 Å². The van der Waals surface area contributed by atoms with Crippen LogP contribution in [0.4, 0.5) is 4.39 Å². The molecule has 1 atom stereocenters. The highest BCUT2D eigenvalue weighted by Crippen LogP contribution is 2.22. The lowest BCUT2D eigenvalue weighted by Crippen LogP contribution is -2.49. The van der Waals surface area contributed by atoms with Crippen molar-refractivity contribution in [3.8, 4) is 0 Å². The standard InChI is InChI=1S/C15H21FN2O3S2/c1-23(20,21)17-10-13-4-2-3-9-18(13)15(19)11-22-14-7-5-12(16)6-8-14/h5-8,13,17H,2-4,9-11H2,1H3/t13-/m1/s1. The smallest absolute Gasteiger partial charge is 0.233 e. The lowest BCUT2D eigenvalue weighted by molar-refractivity contribution is -0.131. The fourth-order valence-corrected chi connectivity index (χ4v) is 3.83. The maximum Gasteiger partial charge on any atom is 0.233 e. The minimum absolute atomic E-state index is 0.0145. The Bertz CT molecular complexity index is 635. The third-order valence-electron chi connectivity index (χ3n) is 3.70. The van der Waals surface area contributed by atoms with Gasteiger partial charge in [-0.05, 0) is 43.5 Å². The van der Waals surface area contributed by atoms with Gasteiger partial charge >= 0.3 is 0 Å². The van der Waals surface area contributed by atoms with E-state index in [0.717, 1.165) is 30.4 Å². The average Bonchev–Trinajstić information content (AvgIpc) is 2.52. The fourth-order valence-electron chi connectivity index (χ4n) is 2.55. The van der Waals surface area contributed by atoms with Gasteiger partial charge in [0.2, 0.25) is 15.9 Å². The summed E-state index contributed by atoms with van der Waals surface area (Å²) in [6, 6.07) is 5.93. The number of nitrogens with zero attached hydrogens (tertiary/aromatic N) is 1. The quantitative estimate of drug-likeness (QED) is 0.786. The Morgan fingerprint density at radius 3 is 2.70 bits per heavy atom. The molecule has 1 N–H and O–H groups in total. The van der Waals surface area contributed by atoms with Crippen LogP contribution in [0.25, 0.3) is 0 Å². The molecule has 0 saturated carbocycles. The second kappa shape index (κ2) is 8.12. The van der Waals surface area contributed by atoms with Gasteiger partial charge in [0.25, 0.3) is 0 Å². The number of piperidine rings is 1. The van der Waals surface area contributed by atoms with E-state index >= 15 is 0 Å². The largest absolute Gasteiger partial charge is 0.338 e. The van der Waals surface area contributed by atoms with Crippen molar-refractivity contribution in [1.29, 1.82) is 0 Å². The van der Waals surface area contributed by atoms with E-state index in [1.165, 1.54) is 23.9 Å². The molecule has 128 valence electrons. The predicted molar refractivity (Wildman–Crippen MR) is 89.3 cm³/mol. The van der Waals surface area contributed by atoms with Crippen LogP contribution in [-0.4, -0.2) is 50.4 Å². The summed E-state index contributed by atoms with van der Waals surface area (Å²) in [4.78, 5) is 15.0. The summed E-state index contributed by atoms with van der Waals surface area (Å²) >= 11 is 1.36. The van der Waals surface area contributed by atoms with Crippen molar-refractivity contribution in [1.82, 2.24) is 9.62 Å². The molecular weight excluding hydrogens is 339 g/mol. The Balaban J connectivity index is 1.90. The molecule has 2 rings (SSSR count). The zero-order chi connectivity index (χ0) is 16.9. The Morgan fingerprint density at radius 1 is 1.35 bits per heavy atom. The molecule has 1 fully saturated rings. The number of hydrogen-bond donors (Lipinski definition) is 1. The third kappa shape index (κ3) is 6.12. The third-order valence-corrected chi connectivity index (χ3v) is 5.39. The zero-order valence-electron chi connectivity index (χ0n) is 13.0. The first-order chi connectivity index (χ1) is 10.8. The van der Waals surface area contributed by atoms with Gasteiger partial charge in [-0.1, -0.05) is 0 Å². The molecule has 0 spiro atoms. The van der Waals surface area contributed by atoms with Gasteiger partial charge in [-0.2, -0.15) is 0 Å². The minimum Gasteiger partial charge on any atom is -0.338 e. The van der Waals surface area contributed by atoms with Crippen molar-refractivity contribution in [2.75, 3.05) is 25.1 Å². The van der Waals surface area contributed by atoms with Crippen molar-refractivity contribution in [2.24, 2.45) is 0 Å². The van der Waals surface area contributed by atoms with Gasteiger partial charge in [-0.15, -0.1) is 11.8 Å². The van der Waals surface area contributed by atoms with Crippen molar-refractivity contribution in [3.05, 3.63) is 30.1 Å². The van der Waals surface area contributed by atoms with E-state index in [2.05, 4.69) is 4.72 Å². The Labute approximate surface area is 140 Å². The first-order valence-electron chi connectivity index (χ1n) is 7.47. The first-order valence-corrected chi connectivity index (χ1v) is 10.4. The second-order valence-corrected chi connectivity index (χ2v) is 8.48. The fraction of sp³-hybridized carbons (Fsp3) is 0.533. The molecule has 0 aliphatic carbocycles. The molecule has 5 nitrogen and oxygen atoms in total. The number of carbonyl (C=O) groups is 1. The molecule has 0 bridgehead atoms. The number of amides is 1. The first kappa shape index (κ1) is 18.2. The van der Waals surface area contributed by atoms with Crippen LogP contribution in [-0.2, 0) is 14.8 Å². The number of halogens is 1. The maximum atomic E-state index is 12.9. The molecule has 0 radical (unpaired) electrons. The SMILES string of the molecule is CS(=O)(=O)NC[C@H]1CCCCN1C(=O)CSc1ccc(F)cc1. The normalized spacial score (nSPS) is 18.9. The number of nitrogens with one attached hydrogen (secondary N) is 1. The van der Waals surface area contributed by atoms with Gasteiger partial charge in [0.15, 0.2) is 0 Å². The molecule has 0 aromatic heterocycles. The number of likely N-dealkylation sites (tertiary alicyclic amines) is 1. The van der Waals surface area contributed by atoms with E-state index in [-0.39, 0.29) is 30.1 Å². The molecule has 0 unspecified atom stereocenters. The summed E-state index contributed by atoms with van der Waals surface area (Å²) in [5.41, 5.74) is 0. The highest BCUT2D eigenvalue weighted by molar-refractivity contribution is 8.00. The Morgan fingerprint density at radius 2 is 2.04 bits per heavy atom. The monoisotopic (exact) mass is 360 g/mol. The van der Waals surface area contributed by atoms with Gasteiger partial charge in [-0.25, -0.2) is 17.5 Å². The van der Waals surface area contributed by atoms with Crippen molar-refractivity contribution in [3.63, 3.8) is 0 Å². The molecule has 23 heavy (non-hydrogen) atoms. The second-order valence-electron chi connectivity index (χ2n) is 5.60. The molecule has 1 heterocycles. The van der Waals surface area contributed by atoms with Crippen LogP contribution in [0.5, 0.6) is 0 Å². The topological polar surface area (TPSA) is 66.5 Å². The number of carbonyl (C=O) groups excluding carboxylic acids is 1. The van der Waals surface area contributed by atoms with E-state index in [4.69, 9.17) is 0 Å². The van der Waals surface area contributed by atoms with Crippen LogP contribution < -0.4 is 4.72 Å². The van der Waals surface area contributed by atoms with Gasteiger partial charge in [-0.3, -0.25) is 4.79 Å². The van der Waals surface area contributed by atoms with Crippen LogP contribution in [0.3, 0.4) is 0 Å². The van der Waals surface area contributed by atoms with Crippen LogP contribution >= 0.6 is 11.8 Å². The molecule has 1 saturated heterocycles. The number of benzene rings is 1. The molecule has 1 amide bonds. The maximum absolute atomic E-state index is 12.9. The summed E-state index contributed by atoms with van der Waals surface area (Å²) < 4.78 is 37.8. The Hall–Kier alpha value is -1.12. The molecule has 1 aromatic rings. The van der Waals surface area contributed by atoms with Gasteiger partial charge in [0, 0.05) is 24.0 Å². The lowest BCUT2D eigenvalue weighted by Gasteiger charge is -2.35. The summed E-state index contributed by atoms with van der Waals surface area (Å²) in [6.07, 6.45) is 3.84. The van der Waals surface area contributed by atoms with E-state index in [1.54, 1.807) is 17.0 Å². The minimum atomic E-state index is -3.26. The molecule has 1 aliphatic heterocycles. The lowest BCUT2D eigenvalue weighted by atomic mass is 10.0. The summed E-state index contributed by atoms with van der Waals surface area (Å²) in [7, 11) is -3.26. The summed E-state index contributed by atoms with van der Waals surface area (Å²) in [5.74, 6) is -0.0518. The number of thioether (sulfide) groups is 1. The highest BCUT2D eigenvalue weighted by atomic mass is 32.2. The van der Waals surface area contributed by atoms with Crippen LogP contribution in [0.15, 0.2) is 29.2 Å². The van der Waals surface area contributed by atoms with Crippen molar-refractivity contribution in [2.45, 2.75) is 30.2 Å². The van der Waals surface area contributed by atoms with Crippen LogP contribution in [0.1, 0.15) is 19.3 Å². The van der Waals surface area contributed by atoms with E-state index in [9.17, 15) is 17.6 Å². The molecular formula is C15H21FN2O3S2. The van der Waals surface area contributed by atoms with Crippen molar-refractivity contribution < 1.29 is 17.6 Å². The molecule has 8 heteroatoms. The summed E-state index contributed by atoms with van der Waals surface area (Å²) in [6.45, 7) is 0.907. The van der Waals surface area contributed by atoms with E-state index in [0.29, 0.717) is 6.54 Å². The Kier molecular flexibility index (Phi) is 6.43. The van der Waals surface area contributed by atoms with E-state index < -0.39 is 10.0 Å². The molecule has 1 aromatic carbocycles. The predicted octanol–water partition coefficient (Wildman–Crippen LogP) is 1.85. The van der Waals surface area contributed by atoms with E-state index in [1.807, 2.05) is 0 Å². The highest BCUT2D eigenvalue weighted by Gasteiger charge is 2.27. The van der Waals surface area contributed by atoms with Crippen molar-refractivity contribution >= 4 is 27.7 Å². The number of hydrogen-bond acceptors (Lipinski definition) is 4. The zero-order valence-corrected chi connectivity index (χ0v) is 14.6.